The highest BCUT2D eigenvalue weighted by molar-refractivity contribution is 9.10. The molecule has 1 N–H and O–H groups in total. The lowest BCUT2D eigenvalue weighted by Crippen LogP contribution is -2.21. The van der Waals surface area contributed by atoms with Gasteiger partial charge in [-0.05, 0) is 28.1 Å². The summed E-state index contributed by atoms with van der Waals surface area (Å²) in [6.45, 7) is 4.85. The zero-order valence-corrected chi connectivity index (χ0v) is 12.9. The molecule has 0 spiro atoms. The van der Waals surface area contributed by atoms with Gasteiger partial charge in [0.1, 0.15) is 5.01 Å². The number of aromatic nitrogens is 1. The number of hydrogen-bond acceptors (Lipinski definition) is 3. The van der Waals surface area contributed by atoms with Crippen LogP contribution in [0.4, 0.5) is 8.78 Å². The smallest absolute Gasteiger partial charge is 0.173 e. The maximum absolute atomic E-state index is 13.5. The Labute approximate surface area is 123 Å². The molecule has 19 heavy (non-hydrogen) atoms. The third-order valence-electron chi connectivity index (χ3n) is 2.50. The van der Waals surface area contributed by atoms with E-state index in [-0.39, 0.29) is 4.47 Å². The Balaban J connectivity index is 2.26. The van der Waals surface area contributed by atoms with Crippen LogP contribution in [0, 0.1) is 11.6 Å². The average Bonchev–Trinajstić information content (AvgIpc) is 2.82. The molecule has 0 amide bonds. The molecule has 2 rings (SSSR count). The van der Waals surface area contributed by atoms with Gasteiger partial charge >= 0.3 is 0 Å². The van der Waals surface area contributed by atoms with E-state index in [1.165, 1.54) is 17.4 Å². The molecule has 0 atom stereocenters. The molecule has 0 aliphatic rings. The third-order valence-corrected chi connectivity index (χ3v) is 4.31. The molecule has 0 aliphatic carbocycles. The lowest BCUT2D eigenvalue weighted by atomic mass is 10.2. The van der Waals surface area contributed by atoms with Gasteiger partial charge < -0.3 is 5.32 Å². The van der Waals surface area contributed by atoms with Gasteiger partial charge in [0.15, 0.2) is 11.6 Å². The number of benzene rings is 1. The molecule has 1 aromatic carbocycles. The van der Waals surface area contributed by atoms with Crippen LogP contribution in [0.3, 0.4) is 0 Å². The van der Waals surface area contributed by atoms with Crippen LogP contribution < -0.4 is 5.32 Å². The maximum Gasteiger partial charge on any atom is 0.173 e. The summed E-state index contributed by atoms with van der Waals surface area (Å²) in [5, 5.41) is 3.96. The van der Waals surface area contributed by atoms with Gasteiger partial charge in [0.05, 0.1) is 4.47 Å². The van der Waals surface area contributed by atoms with Gasteiger partial charge in [0.25, 0.3) is 0 Å². The van der Waals surface area contributed by atoms with E-state index in [2.05, 4.69) is 40.1 Å². The van der Waals surface area contributed by atoms with Crippen molar-refractivity contribution in [2.45, 2.75) is 26.4 Å². The Morgan fingerprint density at radius 1 is 1.37 bits per heavy atom. The highest BCUT2D eigenvalue weighted by Crippen LogP contribution is 2.34. The van der Waals surface area contributed by atoms with E-state index in [1.807, 2.05) is 0 Å². The Hall–Kier alpha value is -0.850. The van der Waals surface area contributed by atoms with E-state index >= 15 is 0 Å². The first-order chi connectivity index (χ1) is 8.99. The number of nitrogens with one attached hydrogen (secondary N) is 1. The normalized spacial score (nSPS) is 11.3. The summed E-state index contributed by atoms with van der Waals surface area (Å²) >= 11 is 4.54. The lowest BCUT2D eigenvalue weighted by molar-refractivity contribution is 0.505. The molecule has 0 unspecified atom stereocenters. The van der Waals surface area contributed by atoms with Crippen molar-refractivity contribution in [3.8, 4) is 10.6 Å². The van der Waals surface area contributed by atoms with Crippen molar-refractivity contribution < 1.29 is 8.78 Å². The predicted octanol–water partition coefficient (Wildman–Crippen LogP) is 4.35. The van der Waals surface area contributed by atoms with Crippen molar-refractivity contribution in [2.24, 2.45) is 0 Å². The summed E-state index contributed by atoms with van der Waals surface area (Å²) in [4.78, 5) is 5.31. The van der Waals surface area contributed by atoms with Crippen molar-refractivity contribution in [1.82, 2.24) is 10.3 Å². The standard InChI is InChI=1S/C13H13BrF2N2S/c1-7(2)17-5-8-6-18-13(19-8)9-3-4-10(15)12(16)11(9)14/h3-4,6-7,17H,5H2,1-2H3. The van der Waals surface area contributed by atoms with Crippen LogP contribution in [0.2, 0.25) is 0 Å². The van der Waals surface area contributed by atoms with Crippen LogP contribution in [0.25, 0.3) is 10.6 Å². The average molecular weight is 347 g/mol. The monoisotopic (exact) mass is 346 g/mol. The minimum absolute atomic E-state index is 0.116. The van der Waals surface area contributed by atoms with Crippen molar-refractivity contribution in [2.75, 3.05) is 0 Å². The second-order valence-corrected chi connectivity index (χ2v) is 6.30. The highest BCUT2D eigenvalue weighted by atomic mass is 79.9. The molecule has 102 valence electrons. The summed E-state index contributed by atoms with van der Waals surface area (Å²) in [6, 6.07) is 3.03. The fourth-order valence-electron chi connectivity index (χ4n) is 1.51. The van der Waals surface area contributed by atoms with E-state index < -0.39 is 11.6 Å². The van der Waals surface area contributed by atoms with Crippen LogP contribution in [0.15, 0.2) is 22.8 Å². The lowest BCUT2D eigenvalue weighted by Gasteiger charge is -2.05. The zero-order chi connectivity index (χ0) is 14.0. The summed E-state index contributed by atoms with van der Waals surface area (Å²) in [5.74, 6) is -1.75. The molecule has 2 aromatic rings. The summed E-state index contributed by atoms with van der Waals surface area (Å²) in [5.41, 5.74) is 0.569. The van der Waals surface area contributed by atoms with E-state index in [1.54, 1.807) is 6.20 Å². The summed E-state index contributed by atoms with van der Waals surface area (Å²) in [7, 11) is 0. The quantitative estimate of drug-likeness (QED) is 0.832. The number of nitrogens with zero attached hydrogens (tertiary/aromatic N) is 1. The highest BCUT2D eigenvalue weighted by Gasteiger charge is 2.15. The van der Waals surface area contributed by atoms with Crippen LogP contribution >= 0.6 is 27.3 Å². The number of halogens is 3. The van der Waals surface area contributed by atoms with Gasteiger partial charge in [-0.1, -0.05) is 13.8 Å². The number of rotatable bonds is 4. The number of hydrogen-bond donors (Lipinski definition) is 1. The predicted molar refractivity (Wildman–Crippen MR) is 77.1 cm³/mol. The minimum Gasteiger partial charge on any atom is -0.310 e. The number of thiazole rings is 1. The van der Waals surface area contributed by atoms with Gasteiger partial charge in [-0.2, -0.15) is 0 Å². The second kappa shape index (κ2) is 6.07. The fourth-order valence-corrected chi connectivity index (χ4v) is 3.04. The molecule has 0 radical (unpaired) electrons. The van der Waals surface area contributed by atoms with Gasteiger partial charge in [-0.15, -0.1) is 11.3 Å². The van der Waals surface area contributed by atoms with Crippen molar-refractivity contribution in [3.05, 3.63) is 39.3 Å². The Morgan fingerprint density at radius 3 is 2.79 bits per heavy atom. The second-order valence-electron chi connectivity index (χ2n) is 4.39. The zero-order valence-electron chi connectivity index (χ0n) is 10.5. The Morgan fingerprint density at radius 2 is 2.11 bits per heavy atom. The fraction of sp³-hybridized carbons (Fsp3) is 0.308. The first-order valence-corrected chi connectivity index (χ1v) is 7.42. The van der Waals surface area contributed by atoms with Gasteiger partial charge in [0.2, 0.25) is 0 Å². The van der Waals surface area contributed by atoms with E-state index in [0.717, 1.165) is 17.5 Å². The molecule has 1 aromatic heterocycles. The molecule has 0 bridgehead atoms. The van der Waals surface area contributed by atoms with Crippen molar-refractivity contribution >= 4 is 27.3 Å². The van der Waals surface area contributed by atoms with Crippen LogP contribution in [0.5, 0.6) is 0 Å². The molecular formula is C13H13BrF2N2S. The summed E-state index contributed by atoms with van der Waals surface area (Å²) < 4.78 is 26.7. The molecule has 6 heteroatoms. The summed E-state index contributed by atoms with van der Waals surface area (Å²) in [6.07, 6.45) is 1.75. The van der Waals surface area contributed by atoms with Gasteiger partial charge in [-0.25, -0.2) is 13.8 Å². The Bertz CT molecular complexity index is 584. The van der Waals surface area contributed by atoms with E-state index in [4.69, 9.17) is 0 Å². The van der Waals surface area contributed by atoms with Gasteiger partial charge in [-0.3, -0.25) is 0 Å². The van der Waals surface area contributed by atoms with Crippen LogP contribution in [0.1, 0.15) is 18.7 Å². The van der Waals surface area contributed by atoms with Crippen molar-refractivity contribution in [1.29, 1.82) is 0 Å². The third kappa shape index (κ3) is 3.38. The maximum atomic E-state index is 13.5. The Kier molecular flexibility index (Phi) is 4.65. The van der Waals surface area contributed by atoms with Gasteiger partial charge in [0, 0.05) is 29.2 Å². The van der Waals surface area contributed by atoms with Crippen molar-refractivity contribution in [3.63, 3.8) is 0 Å². The minimum atomic E-state index is -0.880. The van der Waals surface area contributed by atoms with Crippen LogP contribution in [-0.2, 0) is 6.54 Å². The first-order valence-electron chi connectivity index (χ1n) is 5.81. The molecule has 0 saturated carbocycles. The first kappa shape index (κ1) is 14.6. The van der Waals surface area contributed by atoms with E-state index in [0.29, 0.717) is 16.6 Å². The molecule has 2 nitrogen and oxygen atoms in total. The molecule has 0 aliphatic heterocycles. The van der Waals surface area contributed by atoms with E-state index in [9.17, 15) is 8.78 Å². The molecule has 0 fully saturated rings. The largest absolute Gasteiger partial charge is 0.310 e. The van der Waals surface area contributed by atoms with Crippen LogP contribution in [-0.4, -0.2) is 11.0 Å². The molecule has 1 heterocycles. The SMILES string of the molecule is CC(C)NCc1cnc(-c2ccc(F)c(F)c2Br)s1. The molecular weight excluding hydrogens is 334 g/mol. The molecule has 0 saturated heterocycles. The topological polar surface area (TPSA) is 24.9 Å².